The van der Waals surface area contributed by atoms with Gasteiger partial charge in [-0.3, -0.25) is 0 Å². The second-order valence-electron chi connectivity index (χ2n) is 7.51. The van der Waals surface area contributed by atoms with E-state index in [9.17, 15) is 10.4 Å². The van der Waals surface area contributed by atoms with Gasteiger partial charge in [0.1, 0.15) is 17.5 Å². The Morgan fingerprint density at radius 1 is 1.41 bits per heavy atom. The number of nitrogens with one attached hydrogen (secondary N) is 2. The summed E-state index contributed by atoms with van der Waals surface area (Å²) in [6, 6.07) is 10.0. The number of rotatable bonds is 7. The third-order valence-corrected chi connectivity index (χ3v) is 5.73. The van der Waals surface area contributed by atoms with Gasteiger partial charge in [0, 0.05) is 24.2 Å². The van der Waals surface area contributed by atoms with Crippen molar-refractivity contribution in [2.24, 2.45) is 11.3 Å². The normalized spacial score (nSPS) is 20.4. The highest BCUT2D eigenvalue weighted by Gasteiger charge is 2.47. The topological polar surface area (TPSA) is 93.9 Å². The Balaban J connectivity index is 1.64. The van der Waals surface area contributed by atoms with Crippen LogP contribution in [-0.4, -0.2) is 34.3 Å². The maximum absolute atomic E-state index is 9.43. The number of nitrogens with zero attached hydrogens (tertiary/aromatic N) is 3. The van der Waals surface area contributed by atoms with Crippen LogP contribution >= 0.6 is 11.6 Å². The predicted molar refractivity (Wildman–Crippen MR) is 107 cm³/mol. The van der Waals surface area contributed by atoms with Gasteiger partial charge in [-0.15, -0.1) is 0 Å². The fourth-order valence-electron chi connectivity index (χ4n) is 3.41. The van der Waals surface area contributed by atoms with Gasteiger partial charge < -0.3 is 15.7 Å². The zero-order chi connectivity index (χ0) is 19.4. The van der Waals surface area contributed by atoms with E-state index in [1.807, 2.05) is 24.3 Å². The first-order valence-corrected chi connectivity index (χ1v) is 9.44. The third-order valence-electron chi connectivity index (χ3n) is 5.50. The van der Waals surface area contributed by atoms with Gasteiger partial charge >= 0.3 is 0 Å². The molecule has 1 aliphatic carbocycles. The van der Waals surface area contributed by atoms with Crippen LogP contribution in [0, 0.1) is 22.7 Å². The number of halogens is 1. The van der Waals surface area contributed by atoms with Crippen LogP contribution in [-0.2, 0) is 6.42 Å². The monoisotopic (exact) mass is 385 g/mol. The second kappa shape index (κ2) is 8.12. The highest BCUT2D eigenvalue weighted by molar-refractivity contribution is 6.30. The van der Waals surface area contributed by atoms with Crippen LogP contribution in [0.4, 0.5) is 11.8 Å². The zero-order valence-electron chi connectivity index (χ0n) is 15.5. The van der Waals surface area contributed by atoms with Crippen LogP contribution < -0.4 is 10.6 Å². The van der Waals surface area contributed by atoms with Crippen LogP contribution in [0.3, 0.4) is 0 Å². The quantitative estimate of drug-likeness (QED) is 0.675. The standard InChI is InChI=1S/C20H24ClN5O/c1-20(2)15(12-27)9-17(20)25-18-14(10-22)11-24-19(26-18)23-7-6-13-4-3-5-16(21)8-13/h3-5,8,11,15,17,27H,6-7,9,12H2,1-2H3,(H2,23,24,25,26)/t15-,17+/m0/s1. The summed E-state index contributed by atoms with van der Waals surface area (Å²) in [5.74, 6) is 1.28. The molecule has 0 unspecified atom stereocenters. The summed E-state index contributed by atoms with van der Waals surface area (Å²) in [5, 5.41) is 26.1. The molecule has 1 aliphatic rings. The van der Waals surface area contributed by atoms with Crippen LogP contribution in [0.2, 0.25) is 5.02 Å². The summed E-state index contributed by atoms with van der Waals surface area (Å²) in [4.78, 5) is 8.71. The molecule has 2 aromatic rings. The third kappa shape index (κ3) is 4.32. The lowest BCUT2D eigenvalue weighted by atomic mass is 9.59. The average molecular weight is 386 g/mol. The fraction of sp³-hybridized carbons (Fsp3) is 0.450. The Labute approximate surface area is 164 Å². The molecule has 3 rings (SSSR count). The molecule has 1 aromatic heterocycles. The van der Waals surface area contributed by atoms with Crippen LogP contribution in [0.1, 0.15) is 31.4 Å². The molecule has 3 N–H and O–H groups in total. The minimum absolute atomic E-state index is 0.0490. The van der Waals surface area contributed by atoms with Gasteiger partial charge in [0.05, 0.1) is 6.20 Å². The lowest BCUT2D eigenvalue weighted by molar-refractivity contribution is 0.00449. The molecule has 0 saturated heterocycles. The summed E-state index contributed by atoms with van der Waals surface area (Å²) in [7, 11) is 0. The molecule has 0 amide bonds. The van der Waals surface area contributed by atoms with Crippen molar-refractivity contribution in [1.82, 2.24) is 9.97 Å². The lowest BCUT2D eigenvalue weighted by Gasteiger charge is -2.52. The highest BCUT2D eigenvalue weighted by atomic mass is 35.5. The van der Waals surface area contributed by atoms with E-state index in [1.54, 1.807) is 0 Å². The van der Waals surface area contributed by atoms with Gasteiger partial charge in [0.2, 0.25) is 5.95 Å². The first kappa shape index (κ1) is 19.4. The summed E-state index contributed by atoms with van der Waals surface area (Å²) in [6.45, 7) is 5.07. The van der Waals surface area contributed by atoms with E-state index < -0.39 is 0 Å². The summed E-state index contributed by atoms with van der Waals surface area (Å²) in [5.41, 5.74) is 1.50. The number of hydrogen-bond acceptors (Lipinski definition) is 6. The van der Waals surface area contributed by atoms with Crippen molar-refractivity contribution in [2.75, 3.05) is 23.8 Å². The maximum Gasteiger partial charge on any atom is 0.224 e. The largest absolute Gasteiger partial charge is 0.396 e. The van der Waals surface area contributed by atoms with Crippen molar-refractivity contribution in [3.63, 3.8) is 0 Å². The Hall–Kier alpha value is -2.36. The number of aliphatic hydroxyl groups is 1. The zero-order valence-corrected chi connectivity index (χ0v) is 16.3. The smallest absolute Gasteiger partial charge is 0.224 e. The van der Waals surface area contributed by atoms with E-state index in [0.29, 0.717) is 23.9 Å². The van der Waals surface area contributed by atoms with Crippen molar-refractivity contribution in [3.05, 3.63) is 46.6 Å². The molecule has 7 heteroatoms. The summed E-state index contributed by atoms with van der Waals surface area (Å²) < 4.78 is 0. The molecule has 1 fully saturated rings. The van der Waals surface area contributed by atoms with Gasteiger partial charge in [0.15, 0.2) is 0 Å². The second-order valence-corrected chi connectivity index (χ2v) is 7.94. The SMILES string of the molecule is CC1(C)[C@H](CO)C[C@H]1Nc1nc(NCCc2cccc(Cl)c2)ncc1C#N. The number of nitriles is 1. The first-order chi connectivity index (χ1) is 12.9. The number of aromatic nitrogens is 2. The van der Waals surface area contributed by atoms with Gasteiger partial charge in [-0.1, -0.05) is 37.6 Å². The minimum Gasteiger partial charge on any atom is -0.396 e. The molecule has 27 heavy (non-hydrogen) atoms. The van der Waals surface area contributed by atoms with E-state index in [4.69, 9.17) is 11.6 Å². The molecule has 0 bridgehead atoms. The number of aliphatic hydroxyl groups excluding tert-OH is 1. The first-order valence-electron chi connectivity index (χ1n) is 9.07. The molecular formula is C20H24ClN5O. The Morgan fingerprint density at radius 2 is 2.22 bits per heavy atom. The Kier molecular flexibility index (Phi) is 5.83. The fourth-order valence-corrected chi connectivity index (χ4v) is 3.62. The lowest BCUT2D eigenvalue weighted by Crippen LogP contribution is -2.54. The molecule has 0 radical (unpaired) electrons. The van der Waals surface area contributed by atoms with Crippen molar-refractivity contribution >= 4 is 23.4 Å². The molecule has 142 valence electrons. The minimum atomic E-state index is -0.0490. The van der Waals surface area contributed by atoms with Gasteiger partial charge in [-0.05, 0) is 41.9 Å². The summed E-state index contributed by atoms with van der Waals surface area (Å²) in [6.07, 6.45) is 3.18. The van der Waals surface area contributed by atoms with Crippen molar-refractivity contribution < 1.29 is 5.11 Å². The van der Waals surface area contributed by atoms with Gasteiger partial charge in [-0.25, -0.2) is 4.98 Å². The molecule has 1 heterocycles. The van der Waals surface area contributed by atoms with E-state index >= 15 is 0 Å². The maximum atomic E-state index is 9.43. The Morgan fingerprint density at radius 3 is 2.89 bits per heavy atom. The average Bonchev–Trinajstić information content (AvgIpc) is 2.65. The van der Waals surface area contributed by atoms with Crippen LogP contribution in [0.5, 0.6) is 0 Å². The Bertz CT molecular complexity index is 849. The molecule has 0 aliphatic heterocycles. The molecule has 0 spiro atoms. The van der Waals surface area contributed by atoms with E-state index in [1.165, 1.54) is 6.20 Å². The molecule has 6 nitrogen and oxygen atoms in total. The van der Waals surface area contributed by atoms with E-state index in [0.717, 1.165) is 23.4 Å². The molecule has 2 atom stereocenters. The number of benzene rings is 1. The van der Waals surface area contributed by atoms with Crippen molar-refractivity contribution in [3.8, 4) is 6.07 Å². The highest BCUT2D eigenvalue weighted by Crippen LogP contribution is 2.47. The van der Waals surface area contributed by atoms with Crippen LogP contribution in [0.25, 0.3) is 0 Å². The number of hydrogen-bond donors (Lipinski definition) is 3. The van der Waals surface area contributed by atoms with Crippen molar-refractivity contribution in [2.45, 2.75) is 32.7 Å². The molecular weight excluding hydrogens is 362 g/mol. The molecule has 1 saturated carbocycles. The van der Waals surface area contributed by atoms with E-state index in [-0.39, 0.29) is 24.0 Å². The van der Waals surface area contributed by atoms with Gasteiger partial charge in [0.25, 0.3) is 0 Å². The number of anilines is 2. The van der Waals surface area contributed by atoms with Crippen LogP contribution in [0.15, 0.2) is 30.5 Å². The van der Waals surface area contributed by atoms with E-state index in [2.05, 4.69) is 40.5 Å². The molecule has 1 aromatic carbocycles. The summed E-state index contributed by atoms with van der Waals surface area (Å²) >= 11 is 6.01. The van der Waals surface area contributed by atoms with Gasteiger partial charge in [-0.2, -0.15) is 10.2 Å². The van der Waals surface area contributed by atoms with Crippen molar-refractivity contribution in [1.29, 1.82) is 5.26 Å². The predicted octanol–water partition coefficient (Wildman–Crippen LogP) is 3.48.